The molecule has 0 radical (unpaired) electrons. The van der Waals surface area contributed by atoms with E-state index in [9.17, 15) is 4.79 Å². The molecular weight excluding hydrogens is 232 g/mol. The molecule has 7 nitrogen and oxygen atoms in total. The number of aromatic amines is 1. The molecule has 3 rings (SSSR count). The molecule has 1 aliphatic carbocycles. The molecule has 18 heavy (non-hydrogen) atoms. The number of nitrogens with zero attached hydrogens (tertiary/aromatic N) is 4. The minimum Gasteiger partial charge on any atom is -0.316 e. The topological polar surface area (TPSA) is 88.5 Å². The number of hydrogen-bond acceptors (Lipinski definition) is 4. The van der Waals surface area contributed by atoms with Crippen molar-refractivity contribution in [2.24, 2.45) is 0 Å². The quantitative estimate of drug-likeness (QED) is 0.847. The summed E-state index contributed by atoms with van der Waals surface area (Å²) in [5.74, 6) is 1.14. The van der Waals surface area contributed by atoms with Gasteiger partial charge >= 0.3 is 0 Å². The molecule has 0 atom stereocenters. The number of H-pyrrole nitrogens is 1. The minimum atomic E-state index is -0.311. The average molecular weight is 246 g/mol. The molecule has 2 heterocycles. The van der Waals surface area contributed by atoms with Gasteiger partial charge in [0.15, 0.2) is 0 Å². The molecule has 0 aliphatic heterocycles. The molecule has 2 aromatic rings. The van der Waals surface area contributed by atoms with Crippen LogP contribution in [-0.2, 0) is 6.54 Å². The Hall–Kier alpha value is -2.18. The van der Waals surface area contributed by atoms with E-state index < -0.39 is 0 Å². The Morgan fingerprint density at radius 1 is 1.61 bits per heavy atom. The van der Waals surface area contributed by atoms with Crippen LogP contribution in [0.1, 0.15) is 42.1 Å². The molecular formula is C11H14N6O. The predicted octanol–water partition coefficient (Wildman–Crippen LogP) is 1.15. The van der Waals surface area contributed by atoms with E-state index in [-0.39, 0.29) is 11.7 Å². The van der Waals surface area contributed by atoms with Gasteiger partial charge < -0.3 is 5.32 Å². The highest BCUT2D eigenvalue weighted by molar-refractivity contribution is 6.01. The van der Waals surface area contributed by atoms with Crippen molar-refractivity contribution in [1.29, 1.82) is 0 Å². The van der Waals surface area contributed by atoms with Crippen LogP contribution in [0, 0.1) is 0 Å². The third-order valence-electron chi connectivity index (χ3n) is 2.88. The lowest BCUT2D eigenvalue weighted by molar-refractivity contribution is 0.101. The summed E-state index contributed by atoms with van der Waals surface area (Å²) in [5, 5.41) is 13.5. The van der Waals surface area contributed by atoms with Gasteiger partial charge in [-0.3, -0.25) is 14.6 Å². The van der Waals surface area contributed by atoms with Gasteiger partial charge in [0.05, 0.1) is 11.9 Å². The van der Waals surface area contributed by atoms with Crippen LogP contribution < -0.4 is 5.32 Å². The van der Waals surface area contributed by atoms with Crippen LogP contribution in [0.2, 0.25) is 0 Å². The summed E-state index contributed by atoms with van der Waals surface area (Å²) in [5.41, 5.74) is 0.652. The van der Waals surface area contributed by atoms with E-state index in [1.807, 2.05) is 6.92 Å². The van der Waals surface area contributed by atoms with E-state index in [1.165, 1.54) is 0 Å². The Bertz CT molecular complexity index is 568. The van der Waals surface area contributed by atoms with Gasteiger partial charge in [0.25, 0.3) is 5.91 Å². The number of anilines is 1. The van der Waals surface area contributed by atoms with E-state index in [0.717, 1.165) is 25.2 Å². The first kappa shape index (κ1) is 10.9. The number of hydrogen-bond donors (Lipinski definition) is 2. The second kappa shape index (κ2) is 4.25. The molecule has 7 heteroatoms. The van der Waals surface area contributed by atoms with E-state index in [0.29, 0.717) is 11.6 Å². The maximum Gasteiger partial charge on any atom is 0.295 e. The zero-order valence-corrected chi connectivity index (χ0v) is 10.1. The van der Waals surface area contributed by atoms with Gasteiger partial charge in [0.2, 0.25) is 5.82 Å². The molecule has 0 bridgehead atoms. The second-order valence-electron chi connectivity index (χ2n) is 4.36. The van der Waals surface area contributed by atoms with Gasteiger partial charge in [-0.2, -0.15) is 5.10 Å². The molecule has 1 fully saturated rings. The minimum absolute atomic E-state index is 0.182. The van der Waals surface area contributed by atoms with Gasteiger partial charge in [0.1, 0.15) is 5.82 Å². The lowest BCUT2D eigenvalue weighted by atomic mass is 10.4. The summed E-state index contributed by atoms with van der Waals surface area (Å²) in [7, 11) is 0. The molecule has 1 saturated carbocycles. The molecule has 1 aliphatic rings. The van der Waals surface area contributed by atoms with Gasteiger partial charge in [-0.25, -0.2) is 4.98 Å². The Morgan fingerprint density at radius 2 is 2.44 bits per heavy atom. The molecule has 0 saturated heterocycles. The number of rotatable bonds is 4. The third kappa shape index (κ3) is 2.11. The lowest BCUT2D eigenvalue weighted by Gasteiger charge is -1.97. The summed E-state index contributed by atoms with van der Waals surface area (Å²) < 4.78 is 1.74. The van der Waals surface area contributed by atoms with Crippen molar-refractivity contribution < 1.29 is 4.79 Å². The van der Waals surface area contributed by atoms with Gasteiger partial charge in [-0.15, -0.1) is 5.10 Å². The van der Waals surface area contributed by atoms with E-state index in [2.05, 4.69) is 25.6 Å². The largest absolute Gasteiger partial charge is 0.316 e. The zero-order valence-electron chi connectivity index (χ0n) is 10.1. The molecule has 1 amide bonds. The first-order valence-electron chi connectivity index (χ1n) is 6.02. The van der Waals surface area contributed by atoms with Crippen molar-refractivity contribution in [3.05, 3.63) is 24.0 Å². The Balaban J connectivity index is 1.69. The Morgan fingerprint density at radius 3 is 3.11 bits per heavy atom. The van der Waals surface area contributed by atoms with Crippen molar-refractivity contribution in [3.63, 3.8) is 0 Å². The molecule has 2 aromatic heterocycles. The van der Waals surface area contributed by atoms with Crippen LogP contribution in [0.4, 0.5) is 5.69 Å². The SMILES string of the molecule is CCn1cc(NC(=O)c2n[nH]c(C3CC3)n2)cn1. The number of aryl methyl sites for hydroxylation is 1. The normalized spacial score (nSPS) is 14.7. The fourth-order valence-corrected chi connectivity index (χ4v) is 1.70. The molecule has 0 aromatic carbocycles. The number of carbonyl (C=O) groups excluding carboxylic acids is 1. The Labute approximate surface area is 104 Å². The zero-order chi connectivity index (χ0) is 12.5. The second-order valence-corrected chi connectivity index (χ2v) is 4.36. The van der Waals surface area contributed by atoms with Crippen LogP contribution in [0.25, 0.3) is 0 Å². The summed E-state index contributed by atoms with van der Waals surface area (Å²) in [4.78, 5) is 16.1. The van der Waals surface area contributed by atoms with E-state index in [4.69, 9.17) is 0 Å². The summed E-state index contributed by atoms with van der Waals surface area (Å²) in [6.45, 7) is 2.75. The van der Waals surface area contributed by atoms with E-state index >= 15 is 0 Å². The highest BCUT2D eigenvalue weighted by atomic mass is 16.2. The van der Waals surface area contributed by atoms with Crippen molar-refractivity contribution in [3.8, 4) is 0 Å². The summed E-state index contributed by atoms with van der Waals surface area (Å²) in [6, 6.07) is 0. The fraction of sp³-hybridized carbons (Fsp3) is 0.455. The molecule has 2 N–H and O–H groups in total. The van der Waals surface area contributed by atoms with E-state index in [1.54, 1.807) is 17.1 Å². The Kier molecular flexibility index (Phi) is 2.58. The van der Waals surface area contributed by atoms with Crippen LogP contribution in [-0.4, -0.2) is 30.9 Å². The highest BCUT2D eigenvalue weighted by Crippen LogP contribution is 2.37. The number of nitrogens with one attached hydrogen (secondary N) is 2. The predicted molar refractivity (Wildman–Crippen MR) is 64.2 cm³/mol. The molecule has 94 valence electrons. The summed E-state index contributed by atoms with van der Waals surface area (Å²) >= 11 is 0. The fourth-order valence-electron chi connectivity index (χ4n) is 1.70. The first-order valence-corrected chi connectivity index (χ1v) is 6.02. The van der Waals surface area contributed by atoms with Crippen LogP contribution in [0.3, 0.4) is 0 Å². The van der Waals surface area contributed by atoms with Gasteiger partial charge in [0, 0.05) is 18.7 Å². The molecule has 0 spiro atoms. The maximum atomic E-state index is 11.9. The smallest absolute Gasteiger partial charge is 0.295 e. The van der Waals surface area contributed by atoms with Gasteiger partial charge in [-0.05, 0) is 19.8 Å². The standard InChI is InChI=1S/C11H14N6O/c1-2-17-6-8(5-12-17)13-11(18)10-14-9(15-16-10)7-3-4-7/h5-7H,2-4H2,1H3,(H,13,18)(H,14,15,16). The van der Waals surface area contributed by atoms with Crippen molar-refractivity contribution in [2.75, 3.05) is 5.32 Å². The number of amides is 1. The van der Waals surface area contributed by atoms with Crippen molar-refractivity contribution in [1.82, 2.24) is 25.0 Å². The number of aromatic nitrogens is 5. The van der Waals surface area contributed by atoms with Crippen molar-refractivity contribution in [2.45, 2.75) is 32.2 Å². The molecule has 0 unspecified atom stereocenters. The number of carbonyl (C=O) groups is 1. The first-order chi connectivity index (χ1) is 8.76. The average Bonchev–Trinajstić information content (AvgIpc) is 2.93. The van der Waals surface area contributed by atoms with Gasteiger partial charge in [-0.1, -0.05) is 0 Å². The van der Waals surface area contributed by atoms with Crippen LogP contribution >= 0.6 is 0 Å². The third-order valence-corrected chi connectivity index (χ3v) is 2.88. The van der Waals surface area contributed by atoms with Crippen molar-refractivity contribution >= 4 is 11.6 Å². The maximum absolute atomic E-state index is 11.9. The highest BCUT2D eigenvalue weighted by Gasteiger charge is 2.28. The lowest BCUT2D eigenvalue weighted by Crippen LogP contribution is -2.13. The monoisotopic (exact) mass is 246 g/mol. The summed E-state index contributed by atoms with van der Waals surface area (Å²) in [6.07, 6.45) is 5.63. The van der Waals surface area contributed by atoms with Crippen LogP contribution in [0.5, 0.6) is 0 Å². The van der Waals surface area contributed by atoms with Crippen LogP contribution in [0.15, 0.2) is 12.4 Å².